The molecular formula is C16H23N3O3. The Balaban J connectivity index is 1.45. The summed E-state index contributed by atoms with van der Waals surface area (Å²) < 4.78 is 12.9. The molecule has 0 aromatic carbocycles. The second kappa shape index (κ2) is 6.64. The zero-order valence-electron chi connectivity index (χ0n) is 13.2. The third-order valence-corrected chi connectivity index (χ3v) is 4.15. The Bertz CT molecular complexity index is 606. The summed E-state index contributed by atoms with van der Waals surface area (Å²) in [5.41, 5.74) is 2.34. The Labute approximate surface area is 130 Å². The Morgan fingerprint density at radius 3 is 3.05 bits per heavy atom. The van der Waals surface area contributed by atoms with Gasteiger partial charge >= 0.3 is 0 Å². The van der Waals surface area contributed by atoms with E-state index < -0.39 is 6.10 Å². The molecule has 1 aliphatic rings. The fourth-order valence-corrected chi connectivity index (χ4v) is 2.86. The molecule has 1 atom stereocenters. The number of rotatable bonds is 6. The van der Waals surface area contributed by atoms with E-state index in [4.69, 9.17) is 9.15 Å². The van der Waals surface area contributed by atoms with Crippen LogP contribution in [-0.4, -0.2) is 45.4 Å². The number of aliphatic hydroxyl groups excluding tert-OH is 1. The average Bonchev–Trinajstić information content (AvgIpc) is 3.08. The molecular weight excluding hydrogens is 282 g/mol. The summed E-state index contributed by atoms with van der Waals surface area (Å²) in [7, 11) is 0. The minimum Gasteiger partial charge on any atom is -0.467 e. The first-order chi connectivity index (χ1) is 10.6. The molecule has 0 unspecified atom stereocenters. The fraction of sp³-hybridized carbons (Fsp3) is 0.562. The van der Waals surface area contributed by atoms with Gasteiger partial charge in [-0.25, -0.2) is 4.98 Å². The van der Waals surface area contributed by atoms with Gasteiger partial charge in [-0.3, -0.25) is 4.90 Å². The Kier molecular flexibility index (Phi) is 4.61. The molecule has 0 fully saturated rings. The van der Waals surface area contributed by atoms with Crippen molar-refractivity contribution in [2.45, 2.75) is 39.6 Å². The van der Waals surface area contributed by atoms with Crippen LogP contribution in [0.2, 0.25) is 0 Å². The van der Waals surface area contributed by atoms with Crippen molar-refractivity contribution in [3.8, 4) is 0 Å². The number of ether oxygens (including phenoxy) is 1. The number of furan rings is 1. The van der Waals surface area contributed by atoms with Gasteiger partial charge in [-0.2, -0.15) is 0 Å². The maximum absolute atomic E-state index is 10.1. The molecule has 0 radical (unpaired) electrons. The third-order valence-electron chi connectivity index (χ3n) is 4.15. The predicted octanol–water partition coefficient (Wildman–Crippen LogP) is 1.49. The maximum Gasteiger partial charge on any atom is 0.129 e. The summed E-state index contributed by atoms with van der Waals surface area (Å²) in [5.74, 6) is 1.86. The van der Waals surface area contributed by atoms with Gasteiger partial charge in [0.2, 0.25) is 0 Å². The van der Waals surface area contributed by atoms with Crippen LogP contribution in [0.4, 0.5) is 0 Å². The summed E-state index contributed by atoms with van der Waals surface area (Å²) in [4.78, 5) is 6.82. The van der Waals surface area contributed by atoms with Gasteiger partial charge in [0.1, 0.15) is 18.2 Å². The molecule has 120 valence electrons. The van der Waals surface area contributed by atoms with Crippen molar-refractivity contribution < 1.29 is 14.3 Å². The topological polar surface area (TPSA) is 63.7 Å². The largest absolute Gasteiger partial charge is 0.467 e. The minimum absolute atomic E-state index is 0.309. The molecule has 0 amide bonds. The molecule has 2 aromatic heterocycles. The highest BCUT2D eigenvalue weighted by Crippen LogP contribution is 2.17. The van der Waals surface area contributed by atoms with Gasteiger partial charge in [0.05, 0.1) is 31.2 Å². The Hall–Kier alpha value is -1.63. The summed E-state index contributed by atoms with van der Waals surface area (Å²) in [6, 6.07) is 3.69. The van der Waals surface area contributed by atoms with Gasteiger partial charge in [0.15, 0.2) is 0 Å². The van der Waals surface area contributed by atoms with Crippen molar-refractivity contribution in [3.63, 3.8) is 0 Å². The number of imidazole rings is 1. The first-order valence-corrected chi connectivity index (χ1v) is 7.66. The standard InChI is InChI=1S/C16H23N3O3/c1-12-13(2)19-6-5-18(9-16(19)17-12)8-14(20)10-21-11-15-4-3-7-22-15/h3-4,7,14,20H,5-6,8-11H2,1-2H3/t14-/m0/s1. The van der Waals surface area contributed by atoms with Crippen molar-refractivity contribution in [1.82, 2.24) is 14.5 Å². The van der Waals surface area contributed by atoms with Crippen molar-refractivity contribution >= 4 is 0 Å². The zero-order chi connectivity index (χ0) is 15.5. The molecule has 6 nitrogen and oxygen atoms in total. The van der Waals surface area contributed by atoms with E-state index in [1.807, 2.05) is 19.1 Å². The van der Waals surface area contributed by atoms with Crippen LogP contribution in [0.15, 0.2) is 22.8 Å². The van der Waals surface area contributed by atoms with E-state index in [1.165, 1.54) is 5.69 Å². The van der Waals surface area contributed by atoms with Crippen molar-refractivity contribution in [1.29, 1.82) is 0 Å². The van der Waals surface area contributed by atoms with Crippen molar-refractivity contribution in [2.24, 2.45) is 0 Å². The van der Waals surface area contributed by atoms with Crippen LogP contribution in [0.25, 0.3) is 0 Å². The monoisotopic (exact) mass is 305 g/mol. The van der Waals surface area contributed by atoms with E-state index >= 15 is 0 Å². The van der Waals surface area contributed by atoms with E-state index in [0.717, 1.165) is 36.9 Å². The molecule has 0 saturated heterocycles. The van der Waals surface area contributed by atoms with E-state index in [1.54, 1.807) is 6.26 Å². The number of β-amino-alcohol motifs (C(OH)–C–C–N with tert-alkyl or cyclic N) is 1. The van der Waals surface area contributed by atoms with Gasteiger partial charge in [0.25, 0.3) is 0 Å². The molecule has 0 bridgehead atoms. The fourth-order valence-electron chi connectivity index (χ4n) is 2.86. The van der Waals surface area contributed by atoms with Gasteiger partial charge in [-0.05, 0) is 26.0 Å². The lowest BCUT2D eigenvalue weighted by molar-refractivity contribution is 0.000939. The molecule has 22 heavy (non-hydrogen) atoms. The predicted molar refractivity (Wildman–Crippen MR) is 81.3 cm³/mol. The second-order valence-corrected chi connectivity index (χ2v) is 5.83. The van der Waals surface area contributed by atoms with Gasteiger partial charge in [-0.15, -0.1) is 0 Å². The van der Waals surface area contributed by atoms with Crippen LogP contribution < -0.4 is 0 Å². The number of aromatic nitrogens is 2. The highest BCUT2D eigenvalue weighted by molar-refractivity contribution is 5.15. The molecule has 6 heteroatoms. The number of aryl methyl sites for hydroxylation is 1. The van der Waals surface area contributed by atoms with Crippen molar-refractivity contribution in [3.05, 3.63) is 41.4 Å². The summed E-state index contributed by atoms with van der Waals surface area (Å²) in [5, 5.41) is 10.1. The first kappa shape index (κ1) is 15.3. The summed E-state index contributed by atoms with van der Waals surface area (Å²) in [6.45, 7) is 8.10. The van der Waals surface area contributed by atoms with Crippen LogP contribution in [0.3, 0.4) is 0 Å². The van der Waals surface area contributed by atoms with Crippen LogP contribution in [-0.2, 0) is 24.4 Å². The number of fused-ring (bicyclic) bond motifs is 1. The third kappa shape index (κ3) is 3.40. The van der Waals surface area contributed by atoms with Gasteiger partial charge in [0, 0.05) is 25.3 Å². The number of hydrogen-bond acceptors (Lipinski definition) is 5. The van der Waals surface area contributed by atoms with Crippen LogP contribution in [0, 0.1) is 13.8 Å². The quantitative estimate of drug-likeness (QED) is 0.876. The average molecular weight is 305 g/mol. The van der Waals surface area contributed by atoms with Crippen LogP contribution >= 0.6 is 0 Å². The molecule has 3 rings (SSSR count). The minimum atomic E-state index is -0.501. The lowest BCUT2D eigenvalue weighted by atomic mass is 10.3. The van der Waals surface area contributed by atoms with E-state index in [2.05, 4.69) is 21.4 Å². The van der Waals surface area contributed by atoms with Gasteiger partial charge in [-0.1, -0.05) is 0 Å². The summed E-state index contributed by atoms with van der Waals surface area (Å²) >= 11 is 0. The number of aliphatic hydroxyl groups is 1. The lowest BCUT2D eigenvalue weighted by Crippen LogP contribution is -2.40. The molecule has 1 N–H and O–H groups in total. The Morgan fingerprint density at radius 1 is 1.41 bits per heavy atom. The highest BCUT2D eigenvalue weighted by atomic mass is 16.5. The SMILES string of the molecule is Cc1nc2n(c1C)CCN(C[C@H](O)COCc1ccco1)C2. The molecule has 3 heterocycles. The van der Waals surface area contributed by atoms with E-state index in [0.29, 0.717) is 19.8 Å². The van der Waals surface area contributed by atoms with Crippen molar-refractivity contribution in [2.75, 3.05) is 19.7 Å². The van der Waals surface area contributed by atoms with Gasteiger partial charge < -0.3 is 18.8 Å². The highest BCUT2D eigenvalue weighted by Gasteiger charge is 2.22. The smallest absolute Gasteiger partial charge is 0.129 e. The number of hydrogen-bond donors (Lipinski definition) is 1. The zero-order valence-corrected chi connectivity index (χ0v) is 13.2. The normalized spacial score (nSPS) is 16.7. The Morgan fingerprint density at radius 2 is 2.27 bits per heavy atom. The van der Waals surface area contributed by atoms with Crippen LogP contribution in [0.1, 0.15) is 23.0 Å². The molecule has 2 aromatic rings. The lowest BCUT2D eigenvalue weighted by Gasteiger charge is -2.29. The summed E-state index contributed by atoms with van der Waals surface area (Å²) in [6.07, 6.45) is 1.12. The van der Waals surface area contributed by atoms with Crippen LogP contribution in [0.5, 0.6) is 0 Å². The maximum atomic E-state index is 10.1. The molecule has 0 spiro atoms. The molecule has 0 aliphatic carbocycles. The first-order valence-electron chi connectivity index (χ1n) is 7.66. The number of nitrogens with zero attached hydrogens (tertiary/aromatic N) is 3. The van der Waals surface area contributed by atoms with E-state index in [9.17, 15) is 5.11 Å². The van der Waals surface area contributed by atoms with E-state index in [-0.39, 0.29) is 0 Å². The molecule has 0 saturated carbocycles. The second-order valence-electron chi connectivity index (χ2n) is 5.83. The molecule has 1 aliphatic heterocycles.